The molecule has 0 bridgehead atoms. The molecule has 0 aliphatic heterocycles. The van der Waals surface area contributed by atoms with Gasteiger partial charge in [0, 0.05) is 5.02 Å². The lowest BCUT2D eigenvalue weighted by atomic mass is 10.2. The van der Waals surface area contributed by atoms with Gasteiger partial charge in [-0.05, 0) is 55.0 Å². The lowest BCUT2D eigenvalue weighted by Crippen LogP contribution is -2.28. The van der Waals surface area contributed by atoms with Crippen molar-refractivity contribution in [3.05, 3.63) is 76.8 Å². The number of amides is 1. The summed E-state index contributed by atoms with van der Waals surface area (Å²) in [6.07, 6.45) is 2.14. The Labute approximate surface area is 161 Å². The second-order valence-corrected chi connectivity index (χ2v) is 6.24. The molecule has 0 spiro atoms. The van der Waals surface area contributed by atoms with Gasteiger partial charge in [-0.3, -0.25) is 4.79 Å². The molecular weight excluding hydrogens is 369 g/mol. The molecule has 0 unspecified atom stereocenters. The van der Waals surface area contributed by atoms with E-state index in [0.717, 1.165) is 5.69 Å². The maximum absolute atomic E-state index is 13.1. The second-order valence-electron chi connectivity index (χ2n) is 5.80. The van der Waals surface area contributed by atoms with E-state index in [0.29, 0.717) is 41.6 Å². The number of carbonyl (C=O) groups excluding carboxylic acids is 1. The normalized spacial score (nSPS) is 10.6. The average molecular weight is 388 g/mol. The number of ether oxygens (including phenoxy) is 1. The first kappa shape index (κ1) is 18.9. The van der Waals surface area contributed by atoms with E-state index in [4.69, 9.17) is 16.3 Å². The fraction of sp³-hybridized carbons (Fsp3) is 0.200. The van der Waals surface area contributed by atoms with E-state index < -0.39 is 0 Å². The molecule has 0 radical (unpaired) electrons. The van der Waals surface area contributed by atoms with Crippen molar-refractivity contribution < 1.29 is 13.9 Å². The van der Waals surface area contributed by atoms with E-state index >= 15 is 0 Å². The number of rotatable bonds is 7. The van der Waals surface area contributed by atoms with Gasteiger partial charge in [0.2, 0.25) is 0 Å². The van der Waals surface area contributed by atoms with Crippen LogP contribution in [0.25, 0.3) is 5.69 Å². The monoisotopic (exact) mass is 387 g/mol. The zero-order valence-corrected chi connectivity index (χ0v) is 15.5. The minimum atomic E-state index is -0.317. The van der Waals surface area contributed by atoms with Crippen molar-refractivity contribution in [3.63, 3.8) is 0 Å². The lowest BCUT2D eigenvalue weighted by Gasteiger charge is -2.09. The molecule has 3 rings (SSSR count). The summed E-state index contributed by atoms with van der Waals surface area (Å²) in [7, 11) is 0. The fourth-order valence-corrected chi connectivity index (χ4v) is 2.79. The molecule has 0 aliphatic carbocycles. The number of halogens is 2. The van der Waals surface area contributed by atoms with Gasteiger partial charge < -0.3 is 10.1 Å². The third-order valence-corrected chi connectivity index (χ3v) is 4.24. The van der Waals surface area contributed by atoms with Gasteiger partial charge in [0.05, 0.1) is 29.7 Å². The molecule has 1 amide bonds. The van der Waals surface area contributed by atoms with Crippen LogP contribution in [0, 0.1) is 5.82 Å². The number of aromatic nitrogens is 2. The first-order chi connectivity index (χ1) is 13.1. The minimum absolute atomic E-state index is 0.222. The van der Waals surface area contributed by atoms with E-state index in [1.165, 1.54) is 18.3 Å². The molecule has 140 valence electrons. The summed E-state index contributed by atoms with van der Waals surface area (Å²) in [6, 6.07) is 13.0. The summed E-state index contributed by atoms with van der Waals surface area (Å²) in [5, 5.41) is 7.75. The summed E-state index contributed by atoms with van der Waals surface area (Å²) >= 11 is 5.83. The molecule has 0 aliphatic rings. The van der Waals surface area contributed by atoms with Crippen molar-refractivity contribution in [2.45, 2.75) is 13.3 Å². The highest BCUT2D eigenvalue weighted by molar-refractivity contribution is 6.30. The first-order valence-electron chi connectivity index (χ1n) is 8.58. The Kier molecular flexibility index (Phi) is 6.08. The zero-order chi connectivity index (χ0) is 19.2. The van der Waals surface area contributed by atoms with Crippen LogP contribution in [-0.4, -0.2) is 28.8 Å². The second kappa shape index (κ2) is 8.68. The van der Waals surface area contributed by atoms with Crippen molar-refractivity contribution >= 4 is 17.5 Å². The van der Waals surface area contributed by atoms with E-state index in [9.17, 15) is 9.18 Å². The molecule has 0 saturated carbocycles. The van der Waals surface area contributed by atoms with Gasteiger partial charge in [-0.15, -0.1) is 0 Å². The third-order valence-electron chi connectivity index (χ3n) is 3.99. The van der Waals surface area contributed by atoms with Gasteiger partial charge in [-0.1, -0.05) is 18.5 Å². The Balaban J connectivity index is 1.61. The summed E-state index contributed by atoms with van der Waals surface area (Å²) in [6.45, 7) is 2.63. The Morgan fingerprint density at radius 2 is 1.89 bits per heavy atom. The van der Waals surface area contributed by atoms with Gasteiger partial charge in [0.25, 0.3) is 5.91 Å². The highest BCUT2D eigenvalue weighted by Crippen LogP contribution is 2.17. The predicted octanol–water partition coefficient (Wildman–Crippen LogP) is 4.04. The number of nitrogens with zero attached hydrogens (tertiary/aromatic N) is 2. The van der Waals surface area contributed by atoms with Crippen LogP contribution in [0.15, 0.2) is 54.7 Å². The van der Waals surface area contributed by atoms with Crippen LogP contribution >= 0.6 is 11.6 Å². The van der Waals surface area contributed by atoms with Gasteiger partial charge >= 0.3 is 0 Å². The van der Waals surface area contributed by atoms with Crippen molar-refractivity contribution in [3.8, 4) is 11.4 Å². The number of hydrogen-bond donors (Lipinski definition) is 1. The Morgan fingerprint density at radius 1 is 1.19 bits per heavy atom. The van der Waals surface area contributed by atoms with Crippen LogP contribution in [0.3, 0.4) is 0 Å². The molecule has 27 heavy (non-hydrogen) atoms. The van der Waals surface area contributed by atoms with E-state index in [2.05, 4.69) is 10.4 Å². The van der Waals surface area contributed by atoms with Crippen LogP contribution in [0.1, 0.15) is 23.0 Å². The van der Waals surface area contributed by atoms with Crippen LogP contribution < -0.4 is 10.1 Å². The lowest BCUT2D eigenvalue weighted by molar-refractivity contribution is 0.0946. The molecule has 5 nitrogen and oxygen atoms in total. The van der Waals surface area contributed by atoms with E-state index in [1.807, 2.05) is 6.92 Å². The predicted molar refractivity (Wildman–Crippen MR) is 102 cm³/mol. The molecule has 7 heteroatoms. The number of nitrogens with one attached hydrogen (secondary N) is 1. The molecule has 0 fully saturated rings. The Hall–Kier alpha value is -2.86. The topological polar surface area (TPSA) is 56.1 Å². The van der Waals surface area contributed by atoms with E-state index in [1.54, 1.807) is 41.1 Å². The van der Waals surface area contributed by atoms with Crippen molar-refractivity contribution in [2.24, 2.45) is 0 Å². The molecule has 1 heterocycles. The standard InChI is InChI=1S/C20H19ClFN3O2/c1-2-19-18(13-24-25(19)16-7-5-15(22)6-8-16)20(26)23-11-12-27-17-9-3-14(21)4-10-17/h3-10,13H,2,11-12H2,1H3,(H,23,26). The molecule has 3 aromatic rings. The average Bonchev–Trinajstić information content (AvgIpc) is 3.11. The highest BCUT2D eigenvalue weighted by Gasteiger charge is 2.16. The SMILES string of the molecule is CCc1c(C(=O)NCCOc2ccc(Cl)cc2)cnn1-c1ccc(F)cc1. The van der Waals surface area contributed by atoms with Gasteiger partial charge in [0.1, 0.15) is 18.2 Å². The highest BCUT2D eigenvalue weighted by atomic mass is 35.5. The molecule has 1 aromatic heterocycles. The maximum atomic E-state index is 13.1. The van der Waals surface area contributed by atoms with Crippen LogP contribution in [0.4, 0.5) is 4.39 Å². The van der Waals surface area contributed by atoms with Crippen molar-refractivity contribution in [2.75, 3.05) is 13.2 Å². The molecule has 0 atom stereocenters. The number of carbonyl (C=O) groups is 1. The van der Waals surface area contributed by atoms with E-state index in [-0.39, 0.29) is 11.7 Å². The summed E-state index contributed by atoms with van der Waals surface area (Å²) in [4.78, 5) is 12.5. The van der Waals surface area contributed by atoms with Crippen molar-refractivity contribution in [1.82, 2.24) is 15.1 Å². The molecule has 0 saturated heterocycles. The van der Waals surface area contributed by atoms with Crippen molar-refractivity contribution in [1.29, 1.82) is 0 Å². The fourth-order valence-electron chi connectivity index (χ4n) is 2.67. The van der Waals surface area contributed by atoms with Crippen LogP contribution in [0.5, 0.6) is 5.75 Å². The summed E-state index contributed by atoms with van der Waals surface area (Å²) in [5.74, 6) is 0.148. The minimum Gasteiger partial charge on any atom is -0.492 e. The summed E-state index contributed by atoms with van der Waals surface area (Å²) < 4.78 is 20.3. The summed E-state index contributed by atoms with van der Waals surface area (Å²) in [5.41, 5.74) is 1.96. The molecule has 1 N–H and O–H groups in total. The smallest absolute Gasteiger partial charge is 0.254 e. The van der Waals surface area contributed by atoms with Gasteiger partial charge in [0.15, 0.2) is 0 Å². The van der Waals surface area contributed by atoms with Gasteiger partial charge in [-0.25, -0.2) is 9.07 Å². The molecule has 2 aromatic carbocycles. The third kappa shape index (κ3) is 4.65. The van der Waals surface area contributed by atoms with Crippen LogP contribution in [0.2, 0.25) is 5.02 Å². The number of benzene rings is 2. The van der Waals surface area contributed by atoms with Crippen LogP contribution in [-0.2, 0) is 6.42 Å². The molecular formula is C20H19ClFN3O2. The Morgan fingerprint density at radius 3 is 2.56 bits per heavy atom. The Bertz CT molecular complexity index is 908. The quantitative estimate of drug-likeness (QED) is 0.622. The number of hydrogen-bond acceptors (Lipinski definition) is 3. The first-order valence-corrected chi connectivity index (χ1v) is 8.95. The largest absolute Gasteiger partial charge is 0.492 e. The maximum Gasteiger partial charge on any atom is 0.254 e. The zero-order valence-electron chi connectivity index (χ0n) is 14.8. The van der Waals surface area contributed by atoms with Gasteiger partial charge in [-0.2, -0.15) is 5.10 Å².